The standard InChI is InChI=1S/C28H37I3N8O11/c1-15(40)36-26-24(30)21-23(29)22(25(26)31)28(50)35-5-3-33-17(42)11-39(14-20(47)48)9-7-37(12-18(43)44)6-8-38(13-19(45)46)10-16(41)32-2-4-34-27(21)49/h2-14H2,1H3,(H,32,41)(H,33,42)(H,34,49)(H,35,50)(H,36,40)(H,43,44)(H,45,46)(H,47,48). The Balaban J connectivity index is 2.42. The Morgan fingerprint density at radius 3 is 1.30 bits per heavy atom. The Kier molecular flexibility index (Phi) is 18.5. The van der Waals surface area contributed by atoms with Gasteiger partial charge in [0.1, 0.15) is 0 Å². The number of aliphatic carboxylic acids is 3. The van der Waals surface area contributed by atoms with Gasteiger partial charge in [0.05, 0.1) is 56.7 Å². The van der Waals surface area contributed by atoms with E-state index in [4.69, 9.17) is 0 Å². The van der Waals surface area contributed by atoms with Crippen molar-refractivity contribution in [3.8, 4) is 0 Å². The number of anilines is 1. The number of carboxylic acid groups (broad SMARTS) is 3. The molecule has 0 saturated heterocycles. The number of carbonyl (C=O) groups excluding carboxylic acids is 5. The first-order chi connectivity index (χ1) is 23.5. The van der Waals surface area contributed by atoms with Crippen molar-refractivity contribution < 1.29 is 53.7 Å². The van der Waals surface area contributed by atoms with Gasteiger partial charge in [-0.3, -0.25) is 53.1 Å². The van der Waals surface area contributed by atoms with Gasteiger partial charge in [0.2, 0.25) is 17.7 Å². The molecule has 0 aliphatic carbocycles. The minimum Gasteiger partial charge on any atom is -0.480 e. The molecular formula is C28H37I3N8O11. The van der Waals surface area contributed by atoms with Crippen LogP contribution in [0.1, 0.15) is 27.6 Å². The molecular weight excluding hydrogens is 1010 g/mol. The van der Waals surface area contributed by atoms with E-state index in [-0.39, 0.29) is 85.8 Å². The second-order valence-corrected chi connectivity index (χ2v) is 14.1. The number of nitrogens with one attached hydrogen (secondary N) is 5. The predicted molar refractivity (Wildman–Crippen MR) is 202 cm³/mol. The zero-order valence-electron chi connectivity index (χ0n) is 26.8. The SMILES string of the molecule is CC(=O)Nc1c(I)c2c(I)c(c1I)C(=O)NCCNC(=O)CN(CC(=O)O)CCN(CC(=O)O)CCN(CC(=O)O)CC(=O)NCCNC2=O. The average molecular weight is 1040 g/mol. The number of amides is 5. The van der Waals surface area contributed by atoms with Gasteiger partial charge in [-0.15, -0.1) is 0 Å². The van der Waals surface area contributed by atoms with Crippen LogP contribution in [0.2, 0.25) is 0 Å². The molecule has 0 radical (unpaired) electrons. The van der Waals surface area contributed by atoms with Gasteiger partial charge in [-0.25, -0.2) is 0 Å². The van der Waals surface area contributed by atoms with Crippen LogP contribution in [0.25, 0.3) is 0 Å². The topological polar surface area (TPSA) is 267 Å². The lowest BCUT2D eigenvalue weighted by Gasteiger charge is -2.28. The smallest absolute Gasteiger partial charge is 0.317 e. The second kappa shape index (κ2) is 21.4. The van der Waals surface area contributed by atoms with Crippen LogP contribution in [0, 0.1) is 10.7 Å². The van der Waals surface area contributed by atoms with Crippen molar-refractivity contribution in [1.82, 2.24) is 36.0 Å². The van der Waals surface area contributed by atoms with E-state index < -0.39 is 67.1 Å². The normalized spacial score (nSPS) is 17.4. The van der Waals surface area contributed by atoms with E-state index in [0.29, 0.717) is 7.14 Å². The number of benzene rings is 1. The van der Waals surface area contributed by atoms with E-state index in [1.807, 2.05) is 67.8 Å². The number of halogens is 3. The van der Waals surface area contributed by atoms with Crippen molar-refractivity contribution in [2.24, 2.45) is 0 Å². The summed E-state index contributed by atoms with van der Waals surface area (Å²) in [6.45, 7) is -1.20. The van der Waals surface area contributed by atoms with E-state index in [0.717, 1.165) is 0 Å². The number of fused-ring (bicyclic) bond motifs is 2. The van der Waals surface area contributed by atoms with Crippen molar-refractivity contribution in [3.05, 3.63) is 21.8 Å². The lowest BCUT2D eigenvalue weighted by Crippen LogP contribution is -2.48. The first-order valence-electron chi connectivity index (χ1n) is 14.9. The Bertz CT molecular complexity index is 1410. The van der Waals surface area contributed by atoms with Gasteiger partial charge in [0, 0.05) is 62.9 Å². The van der Waals surface area contributed by atoms with Crippen LogP contribution in [-0.2, 0) is 28.8 Å². The van der Waals surface area contributed by atoms with Crippen LogP contribution < -0.4 is 26.6 Å². The summed E-state index contributed by atoms with van der Waals surface area (Å²) in [7, 11) is 0. The van der Waals surface area contributed by atoms with E-state index in [1.54, 1.807) is 0 Å². The number of nitrogens with zero attached hydrogens (tertiary/aromatic N) is 3. The lowest BCUT2D eigenvalue weighted by atomic mass is 10.1. The molecule has 5 amide bonds. The van der Waals surface area contributed by atoms with Crippen molar-refractivity contribution in [2.75, 3.05) is 90.4 Å². The molecule has 2 rings (SSSR count). The Morgan fingerprint density at radius 1 is 0.600 bits per heavy atom. The van der Waals surface area contributed by atoms with Gasteiger partial charge < -0.3 is 41.9 Å². The van der Waals surface area contributed by atoms with Crippen LogP contribution in [0.15, 0.2) is 0 Å². The minimum atomic E-state index is -1.23. The van der Waals surface area contributed by atoms with Crippen molar-refractivity contribution in [2.45, 2.75) is 6.92 Å². The second-order valence-electron chi connectivity index (χ2n) is 10.8. The molecule has 0 atom stereocenters. The fraction of sp³-hybridized carbons (Fsp3) is 0.500. The quantitative estimate of drug-likeness (QED) is 0.142. The molecule has 1 aliphatic heterocycles. The van der Waals surface area contributed by atoms with Gasteiger partial charge in [-0.05, 0) is 67.8 Å². The summed E-state index contributed by atoms with van der Waals surface area (Å²) < 4.78 is 1.02. The van der Waals surface area contributed by atoms with Gasteiger partial charge in [0.15, 0.2) is 0 Å². The monoisotopic (exact) mass is 1040 g/mol. The Hall–Kier alpha value is -2.95. The highest BCUT2D eigenvalue weighted by atomic mass is 127. The molecule has 1 heterocycles. The molecule has 22 heteroatoms. The van der Waals surface area contributed by atoms with Crippen molar-refractivity contribution in [1.29, 1.82) is 0 Å². The Morgan fingerprint density at radius 2 is 0.940 bits per heavy atom. The average Bonchev–Trinajstić information content (AvgIpc) is 2.99. The third-order valence-corrected chi connectivity index (χ3v) is 10.0. The fourth-order valence-electron chi connectivity index (χ4n) is 4.64. The number of rotatable bonds is 7. The van der Waals surface area contributed by atoms with Crippen molar-refractivity contribution >= 4 is 121 Å². The van der Waals surface area contributed by atoms with Crippen LogP contribution >= 0.6 is 67.8 Å². The molecule has 1 aliphatic rings. The highest BCUT2D eigenvalue weighted by Gasteiger charge is 2.28. The molecule has 1 aromatic carbocycles. The molecule has 0 saturated carbocycles. The first-order valence-corrected chi connectivity index (χ1v) is 18.1. The number of hydrogen-bond donors (Lipinski definition) is 8. The zero-order valence-corrected chi connectivity index (χ0v) is 33.2. The lowest BCUT2D eigenvalue weighted by molar-refractivity contribution is -0.141. The van der Waals surface area contributed by atoms with E-state index in [1.165, 1.54) is 21.6 Å². The summed E-state index contributed by atoms with van der Waals surface area (Å²) in [6, 6.07) is 0. The van der Waals surface area contributed by atoms with Gasteiger partial charge in [-0.1, -0.05) is 0 Å². The molecule has 0 aromatic heterocycles. The minimum absolute atomic E-state index is 0.00542. The third kappa shape index (κ3) is 14.7. The molecule has 19 nitrogen and oxygen atoms in total. The first kappa shape index (κ1) is 43.2. The van der Waals surface area contributed by atoms with Crippen LogP contribution in [0.4, 0.5) is 5.69 Å². The number of hydrogen-bond acceptors (Lipinski definition) is 11. The molecule has 0 unspecified atom stereocenters. The Labute approximate surface area is 327 Å². The molecule has 0 fully saturated rings. The van der Waals surface area contributed by atoms with Gasteiger partial charge >= 0.3 is 17.9 Å². The summed E-state index contributed by atoms with van der Waals surface area (Å²) in [6.07, 6.45) is 0. The summed E-state index contributed by atoms with van der Waals surface area (Å²) >= 11 is 5.65. The fourth-order valence-corrected chi connectivity index (χ4v) is 9.05. The van der Waals surface area contributed by atoms with Gasteiger partial charge in [0.25, 0.3) is 11.8 Å². The summed E-state index contributed by atoms with van der Waals surface area (Å²) in [5.41, 5.74) is 0.453. The molecule has 8 N–H and O–H groups in total. The molecule has 276 valence electrons. The van der Waals surface area contributed by atoms with E-state index in [9.17, 15) is 53.7 Å². The summed E-state index contributed by atoms with van der Waals surface area (Å²) in [4.78, 5) is 103. The third-order valence-electron chi connectivity index (χ3n) is 6.81. The predicted octanol–water partition coefficient (Wildman–Crippen LogP) is -1.68. The van der Waals surface area contributed by atoms with Crippen LogP contribution in [-0.4, -0.2) is 163 Å². The van der Waals surface area contributed by atoms with Gasteiger partial charge in [-0.2, -0.15) is 0 Å². The maximum absolute atomic E-state index is 13.4. The number of carbonyl (C=O) groups is 8. The molecule has 0 spiro atoms. The van der Waals surface area contributed by atoms with Crippen LogP contribution in [0.5, 0.6) is 0 Å². The maximum Gasteiger partial charge on any atom is 0.317 e. The zero-order chi connectivity index (χ0) is 37.5. The van der Waals surface area contributed by atoms with Crippen LogP contribution in [0.3, 0.4) is 0 Å². The molecule has 50 heavy (non-hydrogen) atoms. The molecule has 1 aromatic rings. The summed E-state index contributed by atoms with van der Waals surface area (Å²) in [5, 5.41) is 41.4. The largest absolute Gasteiger partial charge is 0.480 e. The highest BCUT2D eigenvalue weighted by molar-refractivity contribution is 14.1. The number of carboxylic acids is 3. The molecule has 2 bridgehead atoms. The van der Waals surface area contributed by atoms with Crippen molar-refractivity contribution in [3.63, 3.8) is 0 Å². The van der Waals surface area contributed by atoms with E-state index in [2.05, 4.69) is 26.6 Å². The summed E-state index contributed by atoms with van der Waals surface area (Å²) in [5.74, 6) is -6.40. The highest BCUT2D eigenvalue weighted by Crippen LogP contribution is 2.35. The van der Waals surface area contributed by atoms with E-state index >= 15 is 0 Å². The maximum atomic E-state index is 13.4.